The van der Waals surface area contributed by atoms with Gasteiger partial charge in [0.1, 0.15) is 0 Å². The number of hydrogen-bond donors (Lipinski definition) is 2. The number of nitrogens with zero attached hydrogens (tertiary/aromatic N) is 2. The van der Waals surface area contributed by atoms with Gasteiger partial charge in [0.15, 0.2) is 5.96 Å². The number of pyridine rings is 1. The lowest BCUT2D eigenvalue weighted by molar-refractivity contribution is 0.288. The van der Waals surface area contributed by atoms with Crippen molar-refractivity contribution in [1.29, 1.82) is 0 Å². The topological polar surface area (TPSA) is 72.5 Å². The lowest BCUT2D eigenvalue weighted by Gasteiger charge is -2.08. The third-order valence-electron chi connectivity index (χ3n) is 4.76. The summed E-state index contributed by atoms with van der Waals surface area (Å²) in [6, 6.07) is 10.3. The van der Waals surface area contributed by atoms with Gasteiger partial charge in [0.05, 0.1) is 13.2 Å². The van der Waals surface area contributed by atoms with Crippen LogP contribution in [-0.4, -0.2) is 17.6 Å². The molecule has 0 unspecified atom stereocenters. The van der Waals surface area contributed by atoms with E-state index in [9.17, 15) is 0 Å². The van der Waals surface area contributed by atoms with E-state index >= 15 is 0 Å². The van der Waals surface area contributed by atoms with Crippen LogP contribution in [0.15, 0.2) is 41.5 Å². The number of rotatable bonds is 6. The van der Waals surface area contributed by atoms with E-state index in [4.69, 9.17) is 10.5 Å². The highest BCUT2D eigenvalue weighted by Gasteiger charge is 2.22. The Morgan fingerprint density at radius 2 is 2.04 bits per heavy atom. The van der Waals surface area contributed by atoms with E-state index in [-0.39, 0.29) is 24.0 Å². The molecule has 0 radical (unpaired) electrons. The number of aryl methyl sites for hydroxylation is 2. The van der Waals surface area contributed by atoms with Crippen LogP contribution in [0.2, 0.25) is 0 Å². The largest absolute Gasteiger partial charge is 0.477 e. The Bertz CT molecular complexity index is 772. The molecule has 26 heavy (non-hydrogen) atoms. The van der Waals surface area contributed by atoms with Crippen molar-refractivity contribution in [2.24, 2.45) is 16.6 Å². The third kappa shape index (κ3) is 5.09. The van der Waals surface area contributed by atoms with Gasteiger partial charge in [-0.2, -0.15) is 0 Å². The highest BCUT2D eigenvalue weighted by molar-refractivity contribution is 14.0. The molecule has 0 atom stereocenters. The van der Waals surface area contributed by atoms with Crippen molar-refractivity contribution in [3.8, 4) is 5.88 Å². The zero-order valence-corrected chi connectivity index (χ0v) is 17.1. The van der Waals surface area contributed by atoms with Crippen molar-refractivity contribution in [3.63, 3.8) is 0 Å². The van der Waals surface area contributed by atoms with Gasteiger partial charge in [0, 0.05) is 18.0 Å². The first-order chi connectivity index (χ1) is 12.3. The maximum absolute atomic E-state index is 6.01. The molecule has 1 fully saturated rings. The number of hydrogen-bond acceptors (Lipinski definition) is 3. The first-order valence-electron chi connectivity index (χ1n) is 9.03. The first-order valence-corrected chi connectivity index (χ1v) is 9.03. The summed E-state index contributed by atoms with van der Waals surface area (Å²) in [6.07, 6.45) is 7.95. The van der Waals surface area contributed by atoms with E-state index in [1.807, 2.05) is 12.1 Å². The van der Waals surface area contributed by atoms with Crippen LogP contribution in [0.1, 0.15) is 36.0 Å². The van der Waals surface area contributed by atoms with E-state index in [0.717, 1.165) is 30.2 Å². The summed E-state index contributed by atoms with van der Waals surface area (Å²) in [5, 5.41) is 3.18. The van der Waals surface area contributed by atoms with Crippen LogP contribution in [0.4, 0.5) is 5.69 Å². The van der Waals surface area contributed by atoms with Crippen LogP contribution >= 0.6 is 24.0 Å². The quantitative estimate of drug-likeness (QED) is 0.387. The fourth-order valence-electron chi connectivity index (χ4n) is 3.09. The molecule has 0 amide bonds. The minimum absolute atomic E-state index is 0. The summed E-state index contributed by atoms with van der Waals surface area (Å²) in [5.74, 6) is 1.84. The van der Waals surface area contributed by atoms with E-state index < -0.39 is 0 Å². The van der Waals surface area contributed by atoms with Gasteiger partial charge in [-0.1, -0.05) is 12.1 Å². The zero-order valence-electron chi connectivity index (χ0n) is 14.8. The summed E-state index contributed by atoms with van der Waals surface area (Å²) in [6.45, 7) is 1.28. The molecule has 2 aliphatic carbocycles. The molecule has 2 aliphatic rings. The number of aromatic nitrogens is 1. The number of nitrogens with two attached hydrogens (primary N) is 1. The van der Waals surface area contributed by atoms with Crippen molar-refractivity contribution in [1.82, 2.24) is 4.98 Å². The summed E-state index contributed by atoms with van der Waals surface area (Å²) in [4.78, 5) is 8.73. The molecule has 0 aliphatic heterocycles. The van der Waals surface area contributed by atoms with Crippen LogP contribution in [0.25, 0.3) is 0 Å². The van der Waals surface area contributed by atoms with Crippen LogP contribution in [0.5, 0.6) is 5.88 Å². The number of guanidine groups is 1. The molecule has 2 aromatic rings. The molecular formula is C20H25IN4O. The van der Waals surface area contributed by atoms with Gasteiger partial charge in [-0.25, -0.2) is 9.98 Å². The van der Waals surface area contributed by atoms with E-state index in [0.29, 0.717) is 18.4 Å². The van der Waals surface area contributed by atoms with Gasteiger partial charge in [-0.15, -0.1) is 24.0 Å². The van der Waals surface area contributed by atoms with E-state index in [1.54, 1.807) is 6.20 Å². The van der Waals surface area contributed by atoms with Crippen molar-refractivity contribution < 1.29 is 4.74 Å². The van der Waals surface area contributed by atoms with Crippen LogP contribution in [0.3, 0.4) is 0 Å². The Hall–Kier alpha value is -1.83. The predicted octanol–water partition coefficient (Wildman–Crippen LogP) is 3.90. The van der Waals surface area contributed by atoms with Gasteiger partial charge in [-0.05, 0) is 66.8 Å². The van der Waals surface area contributed by atoms with E-state index in [2.05, 4.69) is 33.5 Å². The molecule has 6 heteroatoms. The molecular weight excluding hydrogens is 439 g/mol. The average molecular weight is 464 g/mol. The van der Waals surface area contributed by atoms with Crippen LogP contribution in [0, 0.1) is 5.92 Å². The lowest BCUT2D eigenvalue weighted by Crippen LogP contribution is -2.22. The van der Waals surface area contributed by atoms with Gasteiger partial charge in [-0.3, -0.25) is 0 Å². The second kappa shape index (κ2) is 8.70. The SMILES string of the molecule is I.NC(=NCc1ccc(OCC2CC2)nc1)Nc1ccc2c(c1)CCC2. The Morgan fingerprint density at radius 3 is 2.81 bits per heavy atom. The van der Waals surface area contributed by atoms with E-state index in [1.165, 1.54) is 36.8 Å². The molecule has 5 nitrogen and oxygen atoms in total. The fraction of sp³-hybridized carbons (Fsp3) is 0.400. The summed E-state index contributed by atoms with van der Waals surface area (Å²) >= 11 is 0. The minimum Gasteiger partial charge on any atom is -0.477 e. The average Bonchev–Trinajstić information content (AvgIpc) is 3.35. The molecule has 3 N–H and O–H groups in total. The van der Waals surface area contributed by atoms with Crippen LogP contribution < -0.4 is 15.8 Å². The van der Waals surface area contributed by atoms with Crippen molar-refractivity contribution in [2.45, 2.75) is 38.6 Å². The predicted molar refractivity (Wildman–Crippen MR) is 115 cm³/mol. The lowest BCUT2D eigenvalue weighted by atomic mass is 10.1. The third-order valence-corrected chi connectivity index (χ3v) is 4.76. The molecule has 0 bridgehead atoms. The van der Waals surface area contributed by atoms with Gasteiger partial charge < -0.3 is 15.8 Å². The van der Waals surface area contributed by atoms with Crippen molar-refractivity contribution >= 4 is 35.6 Å². The molecule has 138 valence electrons. The Balaban J connectivity index is 0.00000196. The highest BCUT2D eigenvalue weighted by Crippen LogP contribution is 2.29. The number of fused-ring (bicyclic) bond motifs is 1. The molecule has 0 saturated heterocycles. The Labute approximate surface area is 171 Å². The van der Waals surface area contributed by atoms with Crippen molar-refractivity contribution in [2.75, 3.05) is 11.9 Å². The summed E-state index contributed by atoms with van der Waals surface area (Å²) in [7, 11) is 0. The molecule has 4 rings (SSSR count). The number of aliphatic imine (C=N–C) groups is 1. The maximum atomic E-state index is 6.01. The standard InChI is InChI=1S/C20H24N4O.HI/c21-20(24-18-8-7-16-2-1-3-17(16)10-18)23-12-15-6-9-19(22-11-15)25-13-14-4-5-14;/h6-11,14H,1-5,12-13H2,(H3,21,23,24);1H. The number of halogens is 1. The minimum atomic E-state index is 0. The number of anilines is 1. The number of nitrogens with one attached hydrogen (secondary N) is 1. The van der Waals surface area contributed by atoms with Crippen LogP contribution in [-0.2, 0) is 19.4 Å². The maximum Gasteiger partial charge on any atom is 0.213 e. The zero-order chi connectivity index (χ0) is 17.1. The molecule has 1 saturated carbocycles. The normalized spacial score (nSPS) is 15.9. The summed E-state index contributed by atoms with van der Waals surface area (Å²) in [5.41, 5.74) is 10.9. The first kappa shape index (κ1) is 18.9. The Kier molecular flexibility index (Phi) is 6.34. The fourth-order valence-corrected chi connectivity index (χ4v) is 3.09. The monoisotopic (exact) mass is 464 g/mol. The molecule has 1 aromatic carbocycles. The smallest absolute Gasteiger partial charge is 0.213 e. The molecule has 1 aromatic heterocycles. The van der Waals surface area contributed by atoms with Crippen molar-refractivity contribution in [3.05, 3.63) is 53.2 Å². The highest BCUT2D eigenvalue weighted by atomic mass is 127. The second-order valence-electron chi connectivity index (χ2n) is 6.92. The molecule has 1 heterocycles. The Morgan fingerprint density at radius 1 is 1.19 bits per heavy atom. The van der Waals surface area contributed by atoms with Gasteiger partial charge >= 0.3 is 0 Å². The summed E-state index contributed by atoms with van der Waals surface area (Å²) < 4.78 is 5.64. The number of benzene rings is 1. The van der Waals surface area contributed by atoms with Gasteiger partial charge in [0.2, 0.25) is 5.88 Å². The second-order valence-corrected chi connectivity index (χ2v) is 6.92. The number of ether oxygens (including phenoxy) is 1. The molecule has 0 spiro atoms. The van der Waals surface area contributed by atoms with Gasteiger partial charge in [0.25, 0.3) is 0 Å².